The third kappa shape index (κ3) is 3.15. The van der Waals surface area contributed by atoms with Gasteiger partial charge in [0.05, 0.1) is 5.69 Å². The standard InChI is InChI=1S/C24H24N2/c1-17(2)20-10-6-19(7-11-20)16-22-12-13-23(26-15-14-25-24(22)26)21-8-4-18(3)5-9-21/h4-15,17H,16H2,1-3H3. The van der Waals surface area contributed by atoms with Gasteiger partial charge in [-0.1, -0.05) is 74.0 Å². The maximum Gasteiger partial charge on any atom is 0.140 e. The predicted molar refractivity (Wildman–Crippen MR) is 109 cm³/mol. The molecule has 0 saturated heterocycles. The Bertz CT molecular complexity index is 1020. The average molecular weight is 340 g/mol. The van der Waals surface area contributed by atoms with Gasteiger partial charge in [0.15, 0.2) is 0 Å². The quantitative estimate of drug-likeness (QED) is 0.444. The molecule has 2 heterocycles. The molecule has 2 aromatic heterocycles. The summed E-state index contributed by atoms with van der Waals surface area (Å²) >= 11 is 0. The Morgan fingerprint density at radius 2 is 1.62 bits per heavy atom. The first-order valence-corrected chi connectivity index (χ1v) is 9.22. The minimum Gasteiger partial charge on any atom is -0.299 e. The van der Waals surface area contributed by atoms with E-state index in [0.717, 1.165) is 12.1 Å². The maximum absolute atomic E-state index is 4.63. The number of imidazole rings is 1. The zero-order chi connectivity index (χ0) is 18.1. The summed E-state index contributed by atoms with van der Waals surface area (Å²) in [6, 6.07) is 22.0. The minimum absolute atomic E-state index is 0.567. The molecule has 0 fully saturated rings. The number of pyridine rings is 1. The summed E-state index contributed by atoms with van der Waals surface area (Å²) in [5.41, 5.74) is 8.66. The molecular formula is C24H24N2. The fourth-order valence-electron chi connectivity index (χ4n) is 3.41. The lowest BCUT2D eigenvalue weighted by Crippen LogP contribution is -1.98. The van der Waals surface area contributed by atoms with Gasteiger partial charge in [-0.2, -0.15) is 0 Å². The van der Waals surface area contributed by atoms with Crippen LogP contribution in [0.15, 0.2) is 73.1 Å². The average Bonchev–Trinajstić information content (AvgIpc) is 3.14. The molecular weight excluding hydrogens is 316 g/mol. The summed E-state index contributed by atoms with van der Waals surface area (Å²) in [6.07, 6.45) is 4.83. The Kier molecular flexibility index (Phi) is 4.34. The summed E-state index contributed by atoms with van der Waals surface area (Å²) < 4.78 is 2.20. The molecule has 0 atom stereocenters. The van der Waals surface area contributed by atoms with Gasteiger partial charge in [-0.3, -0.25) is 4.40 Å². The molecule has 0 amide bonds. The first-order valence-electron chi connectivity index (χ1n) is 9.22. The van der Waals surface area contributed by atoms with Gasteiger partial charge in [0, 0.05) is 18.8 Å². The van der Waals surface area contributed by atoms with Crippen LogP contribution in [0.1, 0.15) is 42.0 Å². The van der Waals surface area contributed by atoms with Gasteiger partial charge >= 0.3 is 0 Å². The molecule has 0 unspecified atom stereocenters. The second-order valence-corrected chi connectivity index (χ2v) is 7.30. The minimum atomic E-state index is 0.567. The molecule has 0 aliphatic rings. The molecule has 0 N–H and O–H groups in total. The van der Waals surface area contributed by atoms with Crippen molar-refractivity contribution < 1.29 is 0 Å². The third-order valence-electron chi connectivity index (χ3n) is 5.02. The van der Waals surface area contributed by atoms with Crippen molar-refractivity contribution >= 4 is 5.65 Å². The van der Waals surface area contributed by atoms with Crippen LogP contribution in [0.3, 0.4) is 0 Å². The van der Waals surface area contributed by atoms with Crippen LogP contribution in [0, 0.1) is 6.92 Å². The van der Waals surface area contributed by atoms with Crippen LogP contribution in [0.25, 0.3) is 16.9 Å². The van der Waals surface area contributed by atoms with Crippen LogP contribution in [0.5, 0.6) is 0 Å². The molecule has 2 nitrogen and oxygen atoms in total. The smallest absolute Gasteiger partial charge is 0.140 e. The van der Waals surface area contributed by atoms with Crippen LogP contribution in [-0.4, -0.2) is 9.38 Å². The van der Waals surface area contributed by atoms with Crippen LogP contribution in [0.2, 0.25) is 0 Å². The number of fused-ring (bicyclic) bond motifs is 1. The predicted octanol–water partition coefficient (Wildman–Crippen LogP) is 6.02. The second kappa shape index (κ2) is 6.80. The molecule has 130 valence electrons. The van der Waals surface area contributed by atoms with E-state index in [1.54, 1.807) is 0 Å². The van der Waals surface area contributed by atoms with Crippen LogP contribution in [0.4, 0.5) is 0 Å². The fraction of sp³-hybridized carbons (Fsp3) is 0.208. The normalized spacial score (nSPS) is 11.4. The SMILES string of the molecule is Cc1ccc(-c2ccc(Cc3ccc(C(C)C)cc3)c3nccn23)cc1. The zero-order valence-corrected chi connectivity index (χ0v) is 15.6. The number of rotatable bonds is 4. The van der Waals surface area contributed by atoms with Crippen molar-refractivity contribution in [3.05, 3.63) is 95.3 Å². The van der Waals surface area contributed by atoms with Crippen LogP contribution >= 0.6 is 0 Å². The van der Waals surface area contributed by atoms with Crippen molar-refractivity contribution in [2.24, 2.45) is 0 Å². The topological polar surface area (TPSA) is 17.3 Å². The number of hydrogen-bond acceptors (Lipinski definition) is 1. The number of benzene rings is 2. The van der Waals surface area contributed by atoms with E-state index in [9.17, 15) is 0 Å². The monoisotopic (exact) mass is 340 g/mol. The molecule has 0 bridgehead atoms. The number of hydrogen-bond donors (Lipinski definition) is 0. The Morgan fingerprint density at radius 3 is 2.31 bits per heavy atom. The number of nitrogens with zero attached hydrogens (tertiary/aromatic N) is 2. The van der Waals surface area contributed by atoms with Crippen molar-refractivity contribution in [2.45, 2.75) is 33.1 Å². The highest BCUT2D eigenvalue weighted by molar-refractivity contribution is 5.66. The summed E-state index contributed by atoms with van der Waals surface area (Å²) in [5.74, 6) is 0.567. The first-order chi connectivity index (χ1) is 12.6. The lowest BCUT2D eigenvalue weighted by atomic mass is 9.99. The van der Waals surface area contributed by atoms with Crippen molar-refractivity contribution in [1.29, 1.82) is 0 Å². The Morgan fingerprint density at radius 1 is 0.885 bits per heavy atom. The Balaban J connectivity index is 1.70. The summed E-state index contributed by atoms with van der Waals surface area (Å²) in [6.45, 7) is 6.57. The molecule has 0 aliphatic carbocycles. The lowest BCUT2D eigenvalue weighted by molar-refractivity contribution is 0.865. The Hall–Kier alpha value is -2.87. The summed E-state index contributed by atoms with van der Waals surface area (Å²) in [4.78, 5) is 4.63. The van der Waals surface area contributed by atoms with Crippen molar-refractivity contribution in [2.75, 3.05) is 0 Å². The van der Waals surface area contributed by atoms with Gasteiger partial charge in [0.25, 0.3) is 0 Å². The molecule has 2 heteroatoms. The summed E-state index contributed by atoms with van der Waals surface area (Å²) in [7, 11) is 0. The van der Waals surface area contributed by atoms with Gasteiger partial charge in [-0.25, -0.2) is 4.98 Å². The number of aryl methyl sites for hydroxylation is 1. The molecule has 0 spiro atoms. The van der Waals surface area contributed by atoms with Gasteiger partial charge < -0.3 is 0 Å². The van der Waals surface area contributed by atoms with E-state index in [1.807, 2.05) is 6.20 Å². The van der Waals surface area contributed by atoms with E-state index in [2.05, 4.69) is 97.0 Å². The van der Waals surface area contributed by atoms with Crippen LogP contribution in [-0.2, 0) is 6.42 Å². The lowest BCUT2D eigenvalue weighted by Gasteiger charge is -2.11. The van der Waals surface area contributed by atoms with Gasteiger partial charge in [0.1, 0.15) is 5.65 Å². The van der Waals surface area contributed by atoms with E-state index >= 15 is 0 Å². The van der Waals surface area contributed by atoms with Gasteiger partial charge in [-0.15, -0.1) is 0 Å². The molecule has 0 aliphatic heterocycles. The van der Waals surface area contributed by atoms with Gasteiger partial charge in [-0.05, 0) is 41.2 Å². The summed E-state index contributed by atoms with van der Waals surface area (Å²) in [5, 5.41) is 0. The molecule has 2 aromatic carbocycles. The molecule has 26 heavy (non-hydrogen) atoms. The van der Waals surface area contributed by atoms with E-state index in [4.69, 9.17) is 0 Å². The third-order valence-corrected chi connectivity index (χ3v) is 5.02. The molecule has 4 aromatic rings. The highest BCUT2D eigenvalue weighted by atomic mass is 15.0. The molecule has 4 rings (SSSR count). The number of aromatic nitrogens is 2. The Labute approximate surface area is 155 Å². The first kappa shape index (κ1) is 16.6. The molecule has 0 saturated carbocycles. The van der Waals surface area contributed by atoms with Gasteiger partial charge in [0.2, 0.25) is 0 Å². The van der Waals surface area contributed by atoms with Crippen molar-refractivity contribution in [1.82, 2.24) is 9.38 Å². The van der Waals surface area contributed by atoms with E-state index < -0.39 is 0 Å². The van der Waals surface area contributed by atoms with E-state index in [0.29, 0.717) is 5.92 Å². The fourth-order valence-corrected chi connectivity index (χ4v) is 3.41. The molecule has 0 radical (unpaired) electrons. The second-order valence-electron chi connectivity index (χ2n) is 7.30. The largest absolute Gasteiger partial charge is 0.299 e. The van der Waals surface area contributed by atoms with Crippen molar-refractivity contribution in [3.63, 3.8) is 0 Å². The van der Waals surface area contributed by atoms with E-state index in [-0.39, 0.29) is 0 Å². The zero-order valence-electron chi connectivity index (χ0n) is 15.6. The van der Waals surface area contributed by atoms with Crippen molar-refractivity contribution in [3.8, 4) is 11.3 Å². The highest BCUT2D eigenvalue weighted by Gasteiger charge is 2.09. The maximum atomic E-state index is 4.63. The van der Waals surface area contributed by atoms with E-state index in [1.165, 1.54) is 33.5 Å². The van der Waals surface area contributed by atoms with Crippen LogP contribution < -0.4 is 0 Å². The highest BCUT2D eigenvalue weighted by Crippen LogP contribution is 2.25.